The topological polar surface area (TPSA) is 46.6 Å². The molecule has 2 heterocycles. The van der Waals surface area contributed by atoms with Gasteiger partial charge >= 0.3 is 5.97 Å². The van der Waals surface area contributed by atoms with Crippen molar-refractivity contribution in [3.8, 4) is 0 Å². The molecule has 2 atom stereocenters. The molecule has 4 heteroatoms. The van der Waals surface area contributed by atoms with Crippen molar-refractivity contribution in [2.75, 3.05) is 13.7 Å². The number of fused-ring (bicyclic) bond motifs is 1. The highest BCUT2D eigenvalue weighted by Gasteiger charge is 2.48. The Bertz CT molecular complexity index is 324. The minimum absolute atomic E-state index is 0.0537. The van der Waals surface area contributed by atoms with Gasteiger partial charge in [0.2, 0.25) is 5.91 Å². The standard InChI is InChI=1S/C12H19NO3/c1-12(2)6-10(14)13-7-8(11(15)16-3)4-5-9(12)13/h8-9H,4-7H2,1-3H3/t8-,9-/m1/s1. The van der Waals surface area contributed by atoms with E-state index in [1.165, 1.54) is 7.11 Å². The third kappa shape index (κ3) is 1.70. The van der Waals surface area contributed by atoms with E-state index in [1.807, 2.05) is 4.90 Å². The fraction of sp³-hybridized carbons (Fsp3) is 0.833. The summed E-state index contributed by atoms with van der Waals surface area (Å²) in [4.78, 5) is 25.2. The van der Waals surface area contributed by atoms with E-state index in [2.05, 4.69) is 13.8 Å². The molecule has 2 aliphatic rings. The first-order valence-electron chi connectivity index (χ1n) is 5.83. The quantitative estimate of drug-likeness (QED) is 0.630. The summed E-state index contributed by atoms with van der Waals surface area (Å²) in [6.07, 6.45) is 2.36. The van der Waals surface area contributed by atoms with E-state index >= 15 is 0 Å². The lowest BCUT2D eigenvalue weighted by molar-refractivity contribution is -0.149. The molecule has 0 aromatic rings. The number of amides is 1. The zero-order chi connectivity index (χ0) is 11.9. The molecule has 1 amide bonds. The molecular weight excluding hydrogens is 206 g/mol. The summed E-state index contributed by atoms with van der Waals surface area (Å²) in [5, 5.41) is 0. The third-order valence-corrected chi connectivity index (χ3v) is 3.95. The van der Waals surface area contributed by atoms with Gasteiger partial charge in [0, 0.05) is 19.0 Å². The van der Waals surface area contributed by atoms with Gasteiger partial charge in [-0.1, -0.05) is 13.8 Å². The number of ether oxygens (including phenoxy) is 1. The van der Waals surface area contributed by atoms with Crippen LogP contribution in [0.1, 0.15) is 33.1 Å². The Morgan fingerprint density at radius 1 is 1.44 bits per heavy atom. The molecule has 0 saturated carbocycles. The second kappa shape index (κ2) is 3.75. The van der Waals surface area contributed by atoms with E-state index in [1.54, 1.807) is 0 Å². The Morgan fingerprint density at radius 3 is 2.75 bits per heavy atom. The van der Waals surface area contributed by atoms with Gasteiger partial charge in [0.05, 0.1) is 13.0 Å². The van der Waals surface area contributed by atoms with E-state index in [0.29, 0.717) is 19.0 Å². The van der Waals surface area contributed by atoms with E-state index in [4.69, 9.17) is 4.74 Å². The van der Waals surface area contributed by atoms with Gasteiger partial charge in [-0.05, 0) is 18.3 Å². The third-order valence-electron chi connectivity index (χ3n) is 3.95. The highest BCUT2D eigenvalue weighted by atomic mass is 16.5. The fourth-order valence-corrected chi connectivity index (χ4v) is 3.03. The summed E-state index contributed by atoms with van der Waals surface area (Å²) in [5.74, 6) is -0.126. The number of methoxy groups -OCH3 is 1. The number of carbonyl (C=O) groups is 2. The van der Waals surface area contributed by atoms with Crippen LogP contribution in [-0.4, -0.2) is 36.5 Å². The van der Waals surface area contributed by atoms with Crippen molar-refractivity contribution < 1.29 is 14.3 Å². The van der Waals surface area contributed by atoms with Gasteiger partial charge in [0.25, 0.3) is 0 Å². The fourth-order valence-electron chi connectivity index (χ4n) is 3.03. The normalized spacial score (nSPS) is 32.4. The molecule has 0 unspecified atom stereocenters. The average Bonchev–Trinajstić information content (AvgIpc) is 2.48. The predicted molar refractivity (Wildman–Crippen MR) is 58.6 cm³/mol. The molecule has 2 saturated heterocycles. The van der Waals surface area contributed by atoms with Crippen LogP contribution >= 0.6 is 0 Å². The molecule has 0 N–H and O–H groups in total. The highest BCUT2D eigenvalue weighted by Crippen LogP contribution is 2.42. The molecule has 2 fully saturated rings. The lowest BCUT2D eigenvalue weighted by atomic mass is 9.79. The molecule has 0 bridgehead atoms. The molecule has 0 spiro atoms. The number of nitrogens with zero attached hydrogens (tertiary/aromatic N) is 1. The zero-order valence-corrected chi connectivity index (χ0v) is 10.2. The Hall–Kier alpha value is -1.06. The minimum Gasteiger partial charge on any atom is -0.469 e. The smallest absolute Gasteiger partial charge is 0.310 e. The predicted octanol–water partition coefficient (Wildman–Crippen LogP) is 1.20. The number of hydrogen-bond donors (Lipinski definition) is 0. The van der Waals surface area contributed by atoms with Gasteiger partial charge in [-0.3, -0.25) is 9.59 Å². The molecule has 0 radical (unpaired) electrons. The summed E-state index contributed by atoms with van der Waals surface area (Å²) in [7, 11) is 1.41. The monoisotopic (exact) mass is 225 g/mol. The first-order valence-corrected chi connectivity index (χ1v) is 5.83. The Morgan fingerprint density at radius 2 is 2.12 bits per heavy atom. The number of piperidine rings is 1. The Balaban J connectivity index is 2.11. The summed E-state index contributed by atoms with van der Waals surface area (Å²) < 4.78 is 4.75. The van der Waals surface area contributed by atoms with Crippen molar-refractivity contribution in [2.24, 2.45) is 11.3 Å². The molecule has 16 heavy (non-hydrogen) atoms. The maximum Gasteiger partial charge on any atom is 0.310 e. The van der Waals surface area contributed by atoms with Gasteiger partial charge in [-0.2, -0.15) is 0 Å². The van der Waals surface area contributed by atoms with Crippen molar-refractivity contribution in [2.45, 2.75) is 39.2 Å². The number of carbonyl (C=O) groups excluding carboxylic acids is 2. The number of esters is 1. The van der Waals surface area contributed by atoms with Gasteiger partial charge in [0.15, 0.2) is 0 Å². The second-order valence-electron chi connectivity index (χ2n) is 5.52. The lowest BCUT2D eigenvalue weighted by Crippen LogP contribution is -2.47. The molecule has 90 valence electrons. The van der Waals surface area contributed by atoms with Crippen molar-refractivity contribution in [3.63, 3.8) is 0 Å². The van der Waals surface area contributed by atoms with Crippen LogP contribution in [-0.2, 0) is 14.3 Å². The van der Waals surface area contributed by atoms with Crippen molar-refractivity contribution in [3.05, 3.63) is 0 Å². The van der Waals surface area contributed by atoms with Crippen LogP contribution in [0.15, 0.2) is 0 Å². The molecule has 4 nitrogen and oxygen atoms in total. The molecule has 0 aromatic heterocycles. The van der Waals surface area contributed by atoms with Crippen molar-refractivity contribution >= 4 is 11.9 Å². The van der Waals surface area contributed by atoms with Crippen molar-refractivity contribution in [1.82, 2.24) is 4.90 Å². The summed E-state index contributed by atoms with van der Waals surface area (Å²) in [6, 6.07) is 0.306. The van der Waals surface area contributed by atoms with Crippen LogP contribution in [0.2, 0.25) is 0 Å². The molecule has 2 rings (SSSR count). The van der Waals surface area contributed by atoms with E-state index in [0.717, 1.165) is 12.8 Å². The first-order chi connectivity index (χ1) is 7.45. The summed E-state index contributed by atoms with van der Waals surface area (Å²) in [6.45, 7) is 4.81. The zero-order valence-electron chi connectivity index (χ0n) is 10.2. The molecular formula is C12H19NO3. The van der Waals surface area contributed by atoms with Crippen LogP contribution in [0.5, 0.6) is 0 Å². The maximum atomic E-state index is 11.9. The van der Waals surface area contributed by atoms with E-state index < -0.39 is 0 Å². The van der Waals surface area contributed by atoms with Crippen LogP contribution < -0.4 is 0 Å². The largest absolute Gasteiger partial charge is 0.469 e. The summed E-state index contributed by atoms with van der Waals surface area (Å²) >= 11 is 0. The van der Waals surface area contributed by atoms with Crippen LogP contribution in [0.4, 0.5) is 0 Å². The van der Waals surface area contributed by atoms with Crippen LogP contribution in [0.25, 0.3) is 0 Å². The Labute approximate surface area is 95.9 Å². The van der Waals surface area contributed by atoms with E-state index in [9.17, 15) is 9.59 Å². The van der Waals surface area contributed by atoms with Crippen molar-refractivity contribution in [1.29, 1.82) is 0 Å². The molecule has 0 aliphatic carbocycles. The molecule has 0 aromatic carbocycles. The SMILES string of the molecule is COC(=O)[C@@H]1CC[C@H]2N(C1)C(=O)CC2(C)C. The minimum atomic E-state index is -0.184. The van der Waals surface area contributed by atoms with Gasteiger partial charge < -0.3 is 9.64 Å². The maximum absolute atomic E-state index is 11.9. The van der Waals surface area contributed by atoms with E-state index in [-0.39, 0.29) is 23.2 Å². The number of rotatable bonds is 1. The van der Waals surface area contributed by atoms with Gasteiger partial charge in [0.1, 0.15) is 0 Å². The highest BCUT2D eigenvalue weighted by molar-refractivity contribution is 5.81. The summed E-state index contributed by atoms with van der Waals surface area (Å²) in [5.41, 5.74) is 0.0537. The van der Waals surface area contributed by atoms with Gasteiger partial charge in [-0.15, -0.1) is 0 Å². The lowest BCUT2D eigenvalue weighted by Gasteiger charge is -2.38. The number of hydrogen-bond acceptors (Lipinski definition) is 3. The van der Waals surface area contributed by atoms with Crippen LogP contribution in [0.3, 0.4) is 0 Å². The second-order valence-corrected chi connectivity index (χ2v) is 5.52. The Kier molecular flexibility index (Phi) is 2.68. The first kappa shape index (κ1) is 11.4. The van der Waals surface area contributed by atoms with Crippen LogP contribution in [0, 0.1) is 11.3 Å². The average molecular weight is 225 g/mol. The van der Waals surface area contributed by atoms with Gasteiger partial charge in [-0.25, -0.2) is 0 Å². The molecule has 2 aliphatic heterocycles.